The summed E-state index contributed by atoms with van der Waals surface area (Å²) in [4.78, 5) is 31.2. The Bertz CT molecular complexity index is 535. The monoisotopic (exact) mass is 350 g/mol. The fourth-order valence-corrected chi connectivity index (χ4v) is 1.18. The van der Waals surface area contributed by atoms with Crippen molar-refractivity contribution in [2.24, 2.45) is 0 Å². The van der Waals surface area contributed by atoms with Gasteiger partial charge in [0.2, 0.25) is 5.91 Å². The first-order valence-corrected chi connectivity index (χ1v) is 6.57. The molecule has 0 atom stereocenters. The van der Waals surface area contributed by atoms with Crippen LogP contribution in [0, 0.1) is 0 Å². The minimum absolute atomic E-state index is 0.104. The second-order valence-electron chi connectivity index (χ2n) is 4.26. The highest BCUT2D eigenvalue weighted by Crippen LogP contribution is 2.13. The minimum atomic E-state index is -5.08. The van der Waals surface area contributed by atoms with Crippen molar-refractivity contribution in [3.63, 3.8) is 0 Å². The number of aliphatic carboxylic acids is 1. The van der Waals surface area contributed by atoms with E-state index in [4.69, 9.17) is 14.6 Å². The molecule has 1 rings (SSSR count). The Balaban J connectivity index is 0.000000640. The van der Waals surface area contributed by atoms with E-state index >= 15 is 0 Å². The number of esters is 1. The highest BCUT2D eigenvalue weighted by molar-refractivity contribution is 5.83. The zero-order chi connectivity index (χ0) is 18.6. The zero-order valence-corrected chi connectivity index (χ0v) is 12.7. The van der Waals surface area contributed by atoms with E-state index in [-0.39, 0.29) is 25.6 Å². The quantitative estimate of drug-likeness (QED) is 0.653. The highest BCUT2D eigenvalue weighted by Gasteiger charge is 2.38. The molecule has 7 nitrogen and oxygen atoms in total. The van der Waals surface area contributed by atoms with Crippen molar-refractivity contribution in [3.05, 3.63) is 35.9 Å². The third-order valence-electron chi connectivity index (χ3n) is 2.25. The average molecular weight is 350 g/mol. The third-order valence-corrected chi connectivity index (χ3v) is 2.25. The Hall–Kier alpha value is -2.62. The number of carbonyl (C=O) groups excluding carboxylic acids is 2. The Labute approximate surface area is 135 Å². The second-order valence-corrected chi connectivity index (χ2v) is 4.26. The predicted octanol–water partition coefficient (Wildman–Crippen LogP) is 0.699. The van der Waals surface area contributed by atoms with Gasteiger partial charge in [0.25, 0.3) is 0 Å². The molecule has 3 N–H and O–H groups in total. The molecule has 0 fully saturated rings. The number of carboxylic acid groups (broad SMARTS) is 1. The Morgan fingerprint density at radius 2 is 1.67 bits per heavy atom. The van der Waals surface area contributed by atoms with Gasteiger partial charge in [-0.05, 0) is 12.6 Å². The standard InChI is InChI=1S/C12H16N2O3.C2HF3O2/c1-13-7-11(15)14-8-12(16)17-9-10-5-3-2-4-6-10;3-2(4,5)1(6)7/h2-6,13H,7-9H2,1H3,(H,14,15);(H,6,7). The van der Waals surface area contributed by atoms with E-state index in [2.05, 4.69) is 10.6 Å². The van der Waals surface area contributed by atoms with Gasteiger partial charge in [-0.25, -0.2) is 4.79 Å². The normalized spacial score (nSPS) is 10.2. The molecule has 1 amide bonds. The first-order chi connectivity index (χ1) is 11.2. The van der Waals surface area contributed by atoms with E-state index in [0.29, 0.717) is 0 Å². The van der Waals surface area contributed by atoms with Gasteiger partial charge >= 0.3 is 18.1 Å². The van der Waals surface area contributed by atoms with Crippen molar-refractivity contribution in [2.75, 3.05) is 20.1 Å². The summed E-state index contributed by atoms with van der Waals surface area (Å²) in [6, 6.07) is 9.37. The maximum Gasteiger partial charge on any atom is 0.490 e. The summed E-state index contributed by atoms with van der Waals surface area (Å²) in [6.07, 6.45) is -5.08. The summed E-state index contributed by atoms with van der Waals surface area (Å²) in [7, 11) is 1.66. The maximum absolute atomic E-state index is 11.3. The summed E-state index contributed by atoms with van der Waals surface area (Å²) < 4.78 is 36.7. The smallest absolute Gasteiger partial charge is 0.475 e. The SMILES string of the molecule is CNCC(=O)NCC(=O)OCc1ccccc1.O=C(O)C(F)(F)F. The lowest BCUT2D eigenvalue weighted by atomic mass is 10.2. The van der Waals surface area contributed by atoms with E-state index in [0.717, 1.165) is 5.56 Å². The number of benzene rings is 1. The first kappa shape index (κ1) is 21.4. The van der Waals surface area contributed by atoms with Gasteiger partial charge in [0.05, 0.1) is 6.54 Å². The maximum atomic E-state index is 11.3. The number of carboxylic acids is 1. The number of hydrogen-bond donors (Lipinski definition) is 3. The molecular formula is C14H17F3N2O5. The lowest BCUT2D eigenvalue weighted by molar-refractivity contribution is -0.192. The summed E-state index contributed by atoms with van der Waals surface area (Å²) in [6.45, 7) is 0.306. The molecule has 0 radical (unpaired) electrons. The van der Waals surface area contributed by atoms with Crippen LogP contribution in [0.4, 0.5) is 13.2 Å². The molecule has 24 heavy (non-hydrogen) atoms. The molecule has 0 saturated carbocycles. The van der Waals surface area contributed by atoms with Gasteiger partial charge in [-0.2, -0.15) is 13.2 Å². The van der Waals surface area contributed by atoms with E-state index in [9.17, 15) is 22.8 Å². The van der Waals surface area contributed by atoms with Crippen molar-refractivity contribution < 1.29 is 37.4 Å². The van der Waals surface area contributed by atoms with Crippen LogP contribution >= 0.6 is 0 Å². The molecule has 0 aliphatic carbocycles. The largest absolute Gasteiger partial charge is 0.490 e. The molecule has 1 aromatic carbocycles. The zero-order valence-electron chi connectivity index (χ0n) is 12.7. The summed E-state index contributed by atoms with van der Waals surface area (Å²) in [5, 5.41) is 12.3. The van der Waals surface area contributed by atoms with Crippen molar-refractivity contribution in [2.45, 2.75) is 12.8 Å². The first-order valence-electron chi connectivity index (χ1n) is 6.57. The Kier molecular flexibility index (Phi) is 9.80. The second kappa shape index (κ2) is 11.0. The van der Waals surface area contributed by atoms with Crippen LogP contribution in [0.25, 0.3) is 0 Å². The van der Waals surface area contributed by atoms with Gasteiger partial charge in [-0.3, -0.25) is 9.59 Å². The number of alkyl halides is 3. The predicted molar refractivity (Wildman–Crippen MR) is 76.9 cm³/mol. The van der Waals surface area contributed by atoms with Crippen molar-refractivity contribution in [1.29, 1.82) is 0 Å². The van der Waals surface area contributed by atoms with Gasteiger partial charge in [-0.15, -0.1) is 0 Å². The summed E-state index contributed by atoms with van der Waals surface area (Å²) in [5.41, 5.74) is 0.919. The molecule has 0 aromatic heterocycles. The number of ether oxygens (including phenoxy) is 1. The Morgan fingerprint density at radius 3 is 2.12 bits per heavy atom. The number of halogens is 3. The summed E-state index contributed by atoms with van der Waals surface area (Å²) in [5.74, 6) is -3.44. The molecule has 0 aliphatic heterocycles. The minimum Gasteiger partial charge on any atom is -0.475 e. The topological polar surface area (TPSA) is 105 Å². The number of rotatable bonds is 6. The van der Waals surface area contributed by atoms with Crippen molar-refractivity contribution in [1.82, 2.24) is 10.6 Å². The number of hydrogen-bond acceptors (Lipinski definition) is 5. The summed E-state index contributed by atoms with van der Waals surface area (Å²) >= 11 is 0. The van der Waals surface area contributed by atoms with Gasteiger partial charge in [0.15, 0.2) is 0 Å². The number of amides is 1. The van der Waals surface area contributed by atoms with Crippen LogP contribution in [0.2, 0.25) is 0 Å². The van der Waals surface area contributed by atoms with Crippen LogP contribution in [-0.4, -0.2) is 49.3 Å². The van der Waals surface area contributed by atoms with Crippen LogP contribution in [0.5, 0.6) is 0 Å². The van der Waals surface area contributed by atoms with Crippen LogP contribution in [-0.2, 0) is 25.7 Å². The molecule has 0 spiro atoms. The molecule has 0 saturated heterocycles. The fraction of sp³-hybridized carbons (Fsp3) is 0.357. The van der Waals surface area contributed by atoms with Crippen LogP contribution < -0.4 is 10.6 Å². The van der Waals surface area contributed by atoms with Crippen LogP contribution in [0.3, 0.4) is 0 Å². The highest BCUT2D eigenvalue weighted by atomic mass is 19.4. The third kappa shape index (κ3) is 11.0. The number of carbonyl (C=O) groups is 3. The fourth-order valence-electron chi connectivity index (χ4n) is 1.18. The Morgan fingerprint density at radius 1 is 1.12 bits per heavy atom. The number of likely N-dealkylation sites (N-methyl/N-ethyl adjacent to an activating group) is 1. The lowest BCUT2D eigenvalue weighted by Crippen LogP contribution is -2.36. The molecule has 0 bridgehead atoms. The van der Waals surface area contributed by atoms with Gasteiger partial charge in [0.1, 0.15) is 13.2 Å². The van der Waals surface area contributed by atoms with E-state index < -0.39 is 18.1 Å². The molecule has 10 heteroatoms. The van der Waals surface area contributed by atoms with E-state index in [1.165, 1.54) is 0 Å². The molecule has 0 aliphatic rings. The number of nitrogens with one attached hydrogen (secondary N) is 2. The van der Waals surface area contributed by atoms with Crippen molar-refractivity contribution in [3.8, 4) is 0 Å². The average Bonchev–Trinajstić information content (AvgIpc) is 2.52. The van der Waals surface area contributed by atoms with Gasteiger partial charge < -0.3 is 20.5 Å². The lowest BCUT2D eigenvalue weighted by Gasteiger charge is -2.06. The van der Waals surface area contributed by atoms with Gasteiger partial charge in [0, 0.05) is 0 Å². The van der Waals surface area contributed by atoms with Crippen LogP contribution in [0.1, 0.15) is 5.56 Å². The van der Waals surface area contributed by atoms with Crippen molar-refractivity contribution >= 4 is 17.8 Å². The van der Waals surface area contributed by atoms with E-state index in [1.807, 2.05) is 30.3 Å². The van der Waals surface area contributed by atoms with Crippen LogP contribution in [0.15, 0.2) is 30.3 Å². The van der Waals surface area contributed by atoms with Gasteiger partial charge in [-0.1, -0.05) is 30.3 Å². The molecule has 0 heterocycles. The molecule has 1 aromatic rings. The molecule has 134 valence electrons. The van der Waals surface area contributed by atoms with E-state index in [1.54, 1.807) is 7.05 Å². The molecular weight excluding hydrogens is 333 g/mol. The molecule has 0 unspecified atom stereocenters.